The fraction of sp³-hybridized carbons (Fsp3) is 0.357. The van der Waals surface area contributed by atoms with E-state index in [0.29, 0.717) is 13.0 Å². The molecule has 0 fully saturated rings. The van der Waals surface area contributed by atoms with Gasteiger partial charge in [-0.05, 0) is 43.7 Å². The summed E-state index contributed by atoms with van der Waals surface area (Å²) in [6.07, 6.45) is 0.628. The standard InChI is InChI=1S/C14H17NO2S/c1-3-17-12-6-4-11(5-7-12)14-10(2)15-13(18-14)8-9-16/h4-7,16H,3,8-9H2,1-2H3. The molecule has 18 heavy (non-hydrogen) atoms. The Morgan fingerprint density at radius 3 is 2.61 bits per heavy atom. The Bertz CT molecular complexity index is 505. The van der Waals surface area contributed by atoms with E-state index in [4.69, 9.17) is 9.84 Å². The second-order valence-electron chi connectivity index (χ2n) is 3.95. The molecule has 0 aliphatic carbocycles. The van der Waals surface area contributed by atoms with Crippen LogP contribution < -0.4 is 4.74 Å². The lowest BCUT2D eigenvalue weighted by atomic mass is 10.1. The molecule has 0 bridgehead atoms. The third kappa shape index (κ3) is 2.89. The van der Waals surface area contributed by atoms with Gasteiger partial charge in [0.25, 0.3) is 0 Å². The Balaban J connectivity index is 2.24. The van der Waals surface area contributed by atoms with Gasteiger partial charge >= 0.3 is 0 Å². The summed E-state index contributed by atoms with van der Waals surface area (Å²) in [5.74, 6) is 0.888. The summed E-state index contributed by atoms with van der Waals surface area (Å²) in [7, 11) is 0. The van der Waals surface area contributed by atoms with Crippen molar-refractivity contribution >= 4 is 11.3 Å². The fourth-order valence-corrected chi connectivity index (χ4v) is 2.85. The van der Waals surface area contributed by atoms with Crippen LogP contribution in [-0.2, 0) is 6.42 Å². The number of rotatable bonds is 5. The predicted octanol–water partition coefficient (Wildman–Crippen LogP) is 3.05. The minimum atomic E-state index is 0.148. The van der Waals surface area contributed by atoms with Crippen molar-refractivity contribution in [3.05, 3.63) is 35.0 Å². The zero-order valence-electron chi connectivity index (χ0n) is 10.6. The minimum Gasteiger partial charge on any atom is -0.494 e. The molecule has 2 rings (SSSR count). The van der Waals surface area contributed by atoms with Crippen LogP contribution in [0.5, 0.6) is 5.75 Å². The van der Waals surface area contributed by atoms with E-state index in [1.807, 2.05) is 38.1 Å². The molecule has 0 spiro atoms. The molecular weight excluding hydrogens is 246 g/mol. The largest absolute Gasteiger partial charge is 0.494 e. The van der Waals surface area contributed by atoms with Gasteiger partial charge < -0.3 is 9.84 Å². The van der Waals surface area contributed by atoms with Crippen LogP contribution in [-0.4, -0.2) is 23.3 Å². The van der Waals surface area contributed by atoms with Crippen LogP contribution in [0.1, 0.15) is 17.6 Å². The average Bonchev–Trinajstić information content (AvgIpc) is 2.72. The summed E-state index contributed by atoms with van der Waals surface area (Å²) in [5, 5.41) is 9.92. The lowest BCUT2D eigenvalue weighted by molar-refractivity contribution is 0.299. The Morgan fingerprint density at radius 1 is 1.28 bits per heavy atom. The summed E-state index contributed by atoms with van der Waals surface area (Å²) in [4.78, 5) is 5.63. The number of aliphatic hydroxyl groups is 1. The van der Waals surface area contributed by atoms with Crippen molar-refractivity contribution in [2.24, 2.45) is 0 Å². The number of aryl methyl sites for hydroxylation is 1. The van der Waals surface area contributed by atoms with E-state index in [2.05, 4.69) is 4.98 Å². The molecule has 1 aromatic heterocycles. The van der Waals surface area contributed by atoms with Gasteiger partial charge in [-0.15, -0.1) is 11.3 Å². The highest BCUT2D eigenvalue weighted by atomic mass is 32.1. The number of hydrogen-bond acceptors (Lipinski definition) is 4. The Hall–Kier alpha value is -1.39. The number of thiazole rings is 1. The molecule has 0 unspecified atom stereocenters. The second kappa shape index (κ2) is 5.98. The van der Waals surface area contributed by atoms with Gasteiger partial charge in [-0.2, -0.15) is 0 Å². The van der Waals surface area contributed by atoms with E-state index in [1.54, 1.807) is 11.3 Å². The number of benzene rings is 1. The van der Waals surface area contributed by atoms with E-state index >= 15 is 0 Å². The highest BCUT2D eigenvalue weighted by molar-refractivity contribution is 7.15. The van der Waals surface area contributed by atoms with Gasteiger partial charge in [0, 0.05) is 13.0 Å². The predicted molar refractivity (Wildman–Crippen MR) is 74.2 cm³/mol. The van der Waals surface area contributed by atoms with Crippen LogP contribution in [0.2, 0.25) is 0 Å². The fourth-order valence-electron chi connectivity index (χ4n) is 1.79. The van der Waals surface area contributed by atoms with Gasteiger partial charge in [0.1, 0.15) is 5.75 Å². The smallest absolute Gasteiger partial charge is 0.119 e. The first-order valence-electron chi connectivity index (χ1n) is 6.05. The molecule has 0 aliphatic rings. The topological polar surface area (TPSA) is 42.4 Å². The summed E-state index contributed by atoms with van der Waals surface area (Å²) < 4.78 is 5.43. The molecule has 3 nitrogen and oxygen atoms in total. The quantitative estimate of drug-likeness (QED) is 0.901. The average molecular weight is 263 g/mol. The normalized spacial score (nSPS) is 10.6. The number of hydrogen-bond donors (Lipinski definition) is 1. The summed E-state index contributed by atoms with van der Waals surface area (Å²) >= 11 is 1.64. The Morgan fingerprint density at radius 2 is 2.00 bits per heavy atom. The molecule has 0 saturated carbocycles. The highest BCUT2D eigenvalue weighted by Crippen LogP contribution is 2.31. The zero-order valence-corrected chi connectivity index (χ0v) is 11.5. The maximum absolute atomic E-state index is 8.94. The second-order valence-corrected chi connectivity index (χ2v) is 5.04. The Labute approximate surface area is 111 Å². The van der Waals surface area contributed by atoms with Crippen molar-refractivity contribution in [3.8, 4) is 16.2 Å². The van der Waals surface area contributed by atoms with E-state index in [-0.39, 0.29) is 6.61 Å². The molecule has 1 N–H and O–H groups in total. The van der Waals surface area contributed by atoms with Crippen molar-refractivity contribution in [2.45, 2.75) is 20.3 Å². The number of ether oxygens (including phenoxy) is 1. The summed E-state index contributed by atoms with van der Waals surface area (Å²) in [6.45, 7) is 4.81. The first-order valence-corrected chi connectivity index (χ1v) is 6.86. The van der Waals surface area contributed by atoms with Gasteiger partial charge in [0.15, 0.2) is 0 Å². The van der Waals surface area contributed by atoms with Gasteiger partial charge in [-0.1, -0.05) is 0 Å². The monoisotopic (exact) mass is 263 g/mol. The lowest BCUT2D eigenvalue weighted by Gasteiger charge is -2.03. The maximum atomic E-state index is 8.94. The molecule has 0 aliphatic heterocycles. The van der Waals surface area contributed by atoms with E-state index in [9.17, 15) is 0 Å². The molecule has 0 saturated heterocycles. The van der Waals surface area contributed by atoms with Gasteiger partial charge in [0.2, 0.25) is 0 Å². The summed E-state index contributed by atoms with van der Waals surface area (Å²) in [5.41, 5.74) is 2.17. The summed E-state index contributed by atoms with van der Waals surface area (Å²) in [6, 6.07) is 8.05. The van der Waals surface area contributed by atoms with Crippen molar-refractivity contribution in [2.75, 3.05) is 13.2 Å². The number of nitrogens with zero attached hydrogens (tertiary/aromatic N) is 1. The number of aliphatic hydroxyl groups excluding tert-OH is 1. The van der Waals surface area contributed by atoms with Crippen LogP contribution in [0.4, 0.5) is 0 Å². The van der Waals surface area contributed by atoms with Crippen LogP contribution in [0.25, 0.3) is 10.4 Å². The van der Waals surface area contributed by atoms with Gasteiger partial charge in [-0.25, -0.2) is 4.98 Å². The van der Waals surface area contributed by atoms with Crippen LogP contribution in [0, 0.1) is 6.92 Å². The molecule has 4 heteroatoms. The molecule has 96 valence electrons. The molecule has 0 amide bonds. The van der Waals surface area contributed by atoms with Crippen molar-refractivity contribution in [1.82, 2.24) is 4.98 Å². The molecule has 1 aromatic carbocycles. The van der Waals surface area contributed by atoms with Crippen LogP contribution in [0.15, 0.2) is 24.3 Å². The Kier molecular flexibility index (Phi) is 4.33. The number of aromatic nitrogens is 1. The first kappa shape index (κ1) is 13.1. The third-order valence-electron chi connectivity index (χ3n) is 2.59. The minimum absolute atomic E-state index is 0.148. The van der Waals surface area contributed by atoms with Crippen molar-refractivity contribution < 1.29 is 9.84 Å². The molecule has 2 aromatic rings. The third-order valence-corrected chi connectivity index (χ3v) is 3.86. The van der Waals surface area contributed by atoms with Gasteiger partial charge in [0.05, 0.1) is 22.2 Å². The SMILES string of the molecule is CCOc1ccc(-c2sc(CCO)nc2C)cc1. The lowest BCUT2D eigenvalue weighted by Crippen LogP contribution is -1.90. The van der Waals surface area contributed by atoms with E-state index < -0.39 is 0 Å². The zero-order chi connectivity index (χ0) is 13.0. The molecule has 0 atom stereocenters. The van der Waals surface area contributed by atoms with Crippen molar-refractivity contribution in [1.29, 1.82) is 0 Å². The van der Waals surface area contributed by atoms with Gasteiger partial charge in [-0.3, -0.25) is 0 Å². The van der Waals surface area contributed by atoms with E-state index in [1.165, 1.54) is 4.88 Å². The van der Waals surface area contributed by atoms with Crippen LogP contribution in [0.3, 0.4) is 0 Å². The van der Waals surface area contributed by atoms with E-state index in [0.717, 1.165) is 22.0 Å². The highest BCUT2D eigenvalue weighted by Gasteiger charge is 2.09. The molecule has 0 radical (unpaired) electrons. The molecule has 1 heterocycles. The first-order chi connectivity index (χ1) is 8.74. The van der Waals surface area contributed by atoms with Crippen LogP contribution >= 0.6 is 11.3 Å². The van der Waals surface area contributed by atoms with Crippen molar-refractivity contribution in [3.63, 3.8) is 0 Å². The molecular formula is C14H17NO2S. The maximum Gasteiger partial charge on any atom is 0.119 e.